The number of hydrogen-bond acceptors (Lipinski definition) is 5. The zero-order chi connectivity index (χ0) is 13.9. The molecule has 20 heavy (non-hydrogen) atoms. The fourth-order valence-corrected chi connectivity index (χ4v) is 2.23. The maximum absolute atomic E-state index is 12.5. The lowest BCUT2D eigenvalue weighted by Crippen LogP contribution is -2.44. The number of aryl methyl sites for hydroxylation is 1. The number of nitrogens with zero attached hydrogens (tertiary/aromatic N) is 4. The third kappa shape index (κ3) is 2.39. The van der Waals surface area contributed by atoms with E-state index in [1.807, 2.05) is 6.92 Å². The summed E-state index contributed by atoms with van der Waals surface area (Å²) >= 11 is 0. The van der Waals surface area contributed by atoms with Crippen LogP contribution in [0.3, 0.4) is 0 Å². The van der Waals surface area contributed by atoms with Gasteiger partial charge in [-0.05, 0) is 6.92 Å². The molecule has 0 aromatic carbocycles. The number of H-pyrrole nitrogens is 1. The van der Waals surface area contributed by atoms with Crippen LogP contribution in [-0.2, 0) is 4.74 Å². The van der Waals surface area contributed by atoms with Crippen molar-refractivity contribution in [3.05, 3.63) is 42.0 Å². The smallest absolute Gasteiger partial charge is 0.274 e. The Morgan fingerprint density at radius 3 is 3.00 bits per heavy atom. The predicted molar refractivity (Wildman–Crippen MR) is 70.0 cm³/mol. The number of aromatic amines is 1. The zero-order valence-corrected chi connectivity index (χ0v) is 11.1. The fraction of sp³-hybridized carbons (Fsp3) is 0.385. The second-order valence-corrected chi connectivity index (χ2v) is 4.63. The van der Waals surface area contributed by atoms with Crippen molar-refractivity contribution in [2.75, 3.05) is 19.8 Å². The first-order valence-electron chi connectivity index (χ1n) is 6.42. The van der Waals surface area contributed by atoms with Crippen LogP contribution in [0.1, 0.15) is 28.0 Å². The number of morpholine rings is 1. The minimum atomic E-state index is -0.216. The Balaban J connectivity index is 1.87. The minimum absolute atomic E-state index is 0.152. The number of carbonyl (C=O) groups excluding carboxylic acids is 1. The fourth-order valence-electron chi connectivity index (χ4n) is 2.23. The molecule has 1 atom stereocenters. The van der Waals surface area contributed by atoms with Crippen LogP contribution in [0.2, 0.25) is 0 Å². The molecule has 0 bridgehead atoms. The number of amides is 1. The average molecular weight is 273 g/mol. The van der Waals surface area contributed by atoms with E-state index in [9.17, 15) is 4.79 Å². The van der Waals surface area contributed by atoms with Crippen LogP contribution in [0.5, 0.6) is 0 Å². The van der Waals surface area contributed by atoms with E-state index in [1.54, 1.807) is 17.3 Å². The molecule has 7 heteroatoms. The summed E-state index contributed by atoms with van der Waals surface area (Å²) in [6.07, 6.45) is 6.28. The standard InChI is InChI=1S/C13H15N5O2/c1-9-6-16-12(17-9)11-8-20-5-4-18(11)13(19)10-7-14-2-3-15-10/h2-3,6-7,11H,4-5,8H2,1H3,(H,16,17). The van der Waals surface area contributed by atoms with Crippen molar-refractivity contribution < 1.29 is 9.53 Å². The number of rotatable bonds is 2. The van der Waals surface area contributed by atoms with Crippen LogP contribution in [0.4, 0.5) is 0 Å². The Hall–Kier alpha value is -2.28. The highest BCUT2D eigenvalue weighted by molar-refractivity contribution is 5.92. The molecule has 0 aliphatic carbocycles. The molecule has 2 aromatic rings. The third-order valence-corrected chi connectivity index (χ3v) is 3.21. The lowest BCUT2D eigenvalue weighted by molar-refractivity contribution is -0.00534. The second-order valence-electron chi connectivity index (χ2n) is 4.63. The van der Waals surface area contributed by atoms with Crippen molar-refractivity contribution in [2.24, 2.45) is 0 Å². The van der Waals surface area contributed by atoms with E-state index in [-0.39, 0.29) is 11.9 Å². The van der Waals surface area contributed by atoms with Gasteiger partial charge in [0.2, 0.25) is 0 Å². The van der Waals surface area contributed by atoms with Gasteiger partial charge in [0.25, 0.3) is 5.91 Å². The van der Waals surface area contributed by atoms with E-state index in [0.717, 1.165) is 11.5 Å². The summed E-state index contributed by atoms with van der Waals surface area (Å²) in [6, 6.07) is -0.216. The summed E-state index contributed by atoms with van der Waals surface area (Å²) < 4.78 is 5.47. The van der Waals surface area contributed by atoms with Gasteiger partial charge >= 0.3 is 0 Å². The molecule has 1 saturated heterocycles. The molecule has 7 nitrogen and oxygen atoms in total. The van der Waals surface area contributed by atoms with Crippen LogP contribution >= 0.6 is 0 Å². The number of carbonyl (C=O) groups is 1. The Morgan fingerprint density at radius 1 is 1.40 bits per heavy atom. The first-order chi connectivity index (χ1) is 9.75. The number of imidazole rings is 1. The van der Waals surface area contributed by atoms with Gasteiger partial charge in [-0.3, -0.25) is 9.78 Å². The summed E-state index contributed by atoms with van der Waals surface area (Å²) in [7, 11) is 0. The minimum Gasteiger partial charge on any atom is -0.377 e. The van der Waals surface area contributed by atoms with Crippen molar-refractivity contribution in [1.82, 2.24) is 24.8 Å². The first kappa shape index (κ1) is 12.7. The number of hydrogen-bond donors (Lipinski definition) is 1. The Bertz CT molecular complexity index is 598. The van der Waals surface area contributed by atoms with Crippen molar-refractivity contribution >= 4 is 5.91 Å². The summed E-state index contributed by atoms with van der Waals surface area (Å²) in [5, 5.41) is 0. The van der Waals surface area contributed by atoms with Crippen molar-refractivity contribution in [2.45, 2.75) is 13.0 Å². The zero-order valence-electron chi connectivity index (χ0n) is 11.1. The molecular weight excluding hydrogens is 258 g/mol. The topological polar surface area (TPSA) is 84.0 Å². The molecule has 1 amide bonds. The molecule has 0 radical (unpaired) electrons. The van der Waals surface area contributed by atoms with Crippen LogP contribution < -0.4 is 0 Å². The average Bonchev–Trinajstić information content (AvgIpc) is 2.94. The Kier molecular flexibility index (Phi) is 3.42. The predicted octanol–water partition coefficient (Wildman–Crippen LogP) is 0.722. The van der Waals surface area contributed by atoms with Gasteiger partial charge in [-0.25, -0.2) is 9.97 Å². The maximum Gasteiger partial charge on any atom is 0.274 e. The molecular formula is C13H15N5O2. The molecule has 1 fully saturated rings. The molecule has 1 unspecified atom stereocenters. The van der Waals surface area contributed by atoms with Gasteiger partial charge in [-0.15, -0.1) is 0 Å². The van der Waals surface area contributed by atoms with E-state index in [4.69, 9.17) is 4.74 Å². The molecule has 1 N–H and O–H groups in total. The van der Waals surface area contributed by atoms with Crippen molar-refractivity contribution in [1.29, 1.82) is 0 Å². The van der Waals surface area contributed by atoms with Gasteiger partial charge in [-0.2, -0.15) is 0 Å². The van der Waals surface area contributed by atoms with Gasteiger partial charge in [-0.1, -0.05) is 0 Å². The molecule has 1 aliphatic heterocycles. The second kappa shape index (κ2) is 5.38. The largest absolute Gasteiger partial charge is 0.377 e. The molecule has 3 heterocycles. The highest BCUT2D eigenvalue weighted by Gasteiger charge is 2.31. The van der Waals surface area contributed by atoms with E-state index in [1.165, 1.54) is 12.4 Å². The SMILES string of the molecule is Cc1cnc(C2COCCN2C(=O)c2cnccn2)[nH]1. The summed E-state index contributed by atoms with van der Waals surface area (Å²) in [5.41, 5.74) is 1.29. The molecule has 1 aliphatic rings. The molecule has 0 spiro atoms. The number of aromatic nitrogens is 4. The van der Waals surface area contributed by atoms with Gasteiger partial charge in [0.1, 0.15) is 17.6 Å². The summed E-state index contributed by atoms with van der Waals surface area (Å²) in [6.45, 7) is 3.38. The third-order valence-electron chi connectivity index (χ3n) is 3.21. The van der Waals surface area contributed by atoms with Crippen molar-refractivity contribution in [3.63, 3.8) is 0 Å². The van der Waals surface area contributed by atoms with Gasteiger partial charge in [0, 0.05) is 30.8 Å². The van der Waals surface area contributed by atoms with Crippen LogP contribution in [0, 0.1) is 6.92 Å². The number of nitrogens with one attached hydrogen (secondary N) is 1. The van der Waals surface area contributed by atoms with E-state index in [0.29, 0.717) is 25.5 Å². The summed E-state index contributed by atoms with van der Waals surface area (Å²) in [5.74, 6) is 0.583. The van der Waals surface area contributed by atoms with Gasteiger partial charge in [0.15, 0.2) is 0 Å². The molecule has 3 rings (SSSR count). The normalized spacial score (nSPS) is 19.1. The highest BCUT2D eigenvalue weighted by Crippen LogP contribution is 2.23. The van der Waals surface area contributed by atoms with Gasteiger partial charge in [0.05, 0.1) is 19.4 Å². The monoisotopic (exact) mass is 273 g/mol. The lowest BCUT2D eigenvalue weighted by Gasteiger charge is -2.34. The summed E-state index contributed by atoms with van der Waals surface area (Å²) in [4.78, 5) is 29.7. The van der Waals surface area contributed by atoms with Crippen LogP contribution in [0.25, 0.3) is 0 Å². The maximum atomic E-state index is 12.5. The van der Waals surface area contributed by atoms with E-state index in [2.05, 4.69) is 19.9 Å². The molecule has 0 saturated carbocycles. The van der Waals surface area contributed by atoms with Crippen LogP contribution in [-0.4, -0.2) is 50.5 Å². The van der Waals surface area contributed by atoms with Gasteiger partial charge < -0.3 is 14.6 Å². The Labute approximate surface area is 116 Å². The van der Waals surface area contributed by atoms with Crippen LogP contribution in [0.15, 0.2) is 24.8 Å². The quantitative estimate of drug-likeness (QED) is 0.871. The van der Waals surface area contributed by atoms with Crippen molar-refractivity contribution in [3.8, 4) is 0 Å². The lowest BCUT2D eigenvalue weighted by atomic mass is 10.2. The Morgan fingerprint density at radius 2 is 2.30 bits per heavy atom. The van der Waals surface area contributed by atoms with E-state index < -0.39 is 0 Å². The van der Waals surface area contributed by atoms with E-state index >= 15 is 0 Å². The first-order valence-corrected chi connectivity index (χ1v) is 6.42. The highest BCUT2D eigenvalue weighted by atomic mass is 16.5. The molecule has 104 valence electrons. The molecule has 2 aromatic heterocycles. The number of ether oxygens (including phenoxy) is 1.